The van der Waals surface area contributed by atoms with Crippen LogP contribution in [-0.2, 0) is 20.7 Å². The molecule has 0 heterocycles. The van der Waals surface area contributed by atoms with Crippen LogP contribution < -0.4 is 10.1 Å². The predicted octanol–water partition coefficient (Wildman–Crippen LogP) is 3.97. The Kier molecular flexibility index (Phi) is 14.1. The number of carboxylic acid groups (broad SMARTS) is 1. The maximum Gasteiger partial charge on any atom is 0.333 e. The topological polar surface area (TPSA) is 97.3 Å². The zero-order valence-corrected chi connectivity index (χ0v) is 20.4. The number of carbonyl (C=O) groups is 2. The van der Waals surface area contributed by atoms with Gasteiger partial charge < -0.3 is 29.5 Å². The van der Waals surface area contributed by atoms with Gasteiger partial charge in [-0.25, -0.2) is 18.4 Å². The Hall–Kier alpha value is -2.46. The molecule has 0 fully saturated rings. The average Bonchev–Trinajstić information content (AvgIpc) is 2.81. The second kappa shape index (κ2) is 16.2. The molecule has 0 aliphatic heterocycles. The highest BCUT2D eigenvalue weighted by atomic mass is 19.3. The van der Waals surface area contributed by atoms with E-state index in [-0.39, 0.29) is 45.2 Å². The minimum absolute atomic E-state index is 0.00391. The molecule has 2 amide bonds. The highest BCUT2D eigenvalue weighted by molar-refractivity contribution is 5.74. The largest absolute Gasteiger partial charge is 0.492 e. The fraction of sp³-hybridized carbons (Fsp3) is 0.667. The summed E-state index contributed by atoms with van der Waals surface area (Å²) in [4.78, 5) is 25.2. The molecule has 1 atom stereocenters. The van der Waals surface area contributed by atoms with Crippen molar-refractivity contribution in [3.05, 3.63) is 29.8 Å². The zero-order chi connectivity index (χ0) is 25.4. The number of nitrogens with one attached hydrogen (secondary N) is 1. The predicted molar refractivity (Wildman–Crippen MR) is 125 cm³/mol. The van der Waals surface area contributed by atoms with Gasteiger partial charge in [-0.05, 0) is 31.0 Å². The van der Waals surface area contributed by atoms with Crippen LogP contribution in [0.2, 0.25) is 0 Å². The Morgan fingerprint density at radius 2 is 1.79 bits per heavy atom. The molecule has 0 aromatic heterocycles. The number of carbonyl (C=O) groups excluding carboxylic acids is 1. The third-order valence-corrected chi connectivity index (χ3v) is 5.05. The number of hydrogen-bond acceptors (Lipinski definition) is 5. The summed E-state index contributed by atoms with van der Waals surface area (Å²) in [5.41, 5.74) is 0.797. The van der Waals surface area contributed by atoms with E-state index < -0.39 is 24.6 Å². The first kappa shape index (κ1) is 29.6. The molecular formula is C24H38F2N2O6. The molecule has 0 saturated carbocycles. The lowest BCUT2D eigenvalue weighted by atomic mass is 10.1. The normalized spacial score (nSPS) is 12.3. The van der Waals surface area contributed by atoms with Crippen LogP contribution in [-0.4, -0.2) is 80.1 Å². The van der Waals surface area contributed by atoms with Gasteiger partial charge in [0.05, 0.1) is 13.2 Å². The highest BCUT2D eigenvalue weighted by Gasteiger charge is 2.26. The Balaban J connectivity index is 2.57. The Labute approximate surface area is 200 Å². The van der Waals surface area contributed by atoms with Gasteiger partial charge in [-0.3, -0.25) is 0 Å². The fourth-order valence-corrected chi connectivity index (χ4v) is 2.93. The lowest BCUT2D eigenvalue weighted by molar-refractivity contribution is -0.149. The van der Waals surface area contributed by atoms with E-state index in [4.69, 9.17) is 14.2 Å². The van der Waals surface area contributed by atoms with Crippen LogP contribution in [0.1, 0.15) is 45.6 Å². The lowest BCUT2D eigenvalue weighted by Gasteiger charge is -2.24. The van der Waals surface area contributed by atoms with Crippen LogP contribution in [0.25, 0.3) is 0 Å². The molecule has 194 valence electrons. The zero-order valence-electron chi connectivity index (χ0n) is 20.4. The number of urea groups is 1. The van der Waals surface area contributed by atoms with Crippen molar-refractivity contribution in [1.29, 1.82) is 0 Å². The fourth-order valence-electron chi connectivity index (χ4n) is 2.93. The number of amides is 2. The third kappa shape index (κ3) is 12.1. The molecule has 10 heteroatoms. The van der Waals surface area contributed by atoms with Gasteiger partial charge >= 0.3 is 12.0 Å². The monoisotopic (exact) mass is 488 g/mol. The minimum Gasteiger partial charge on any atom is -0.492 e. The van der Waals surface area contributed by atoms with Gasteiger partial charge in [-0.2, -0.15) is 0 Å². The number of halogens is 2. The number of alkyl halides is 2. The van der Waals surface area contributed by atoms with Crippen molar-refractivity contribution in [2.75, 3.05) is 46.1 Å². The van der Waals surface area contributed by atoms with E-state index in [1.807, 2.05) is 6.92 Å². The molecule has 2 N–H and O–H groups in total. The molecule has 0 radical (unpaired) electrons. The van der Waals surface area contributed by atoms with Crippen LogP contribution in [0.3, 0.4) is 0 Å². The Morgan fingerprint density at radius 3 is 2.38 bits per heavy atom. The van der Waals surface area contributed by atoms with Crippen molar-refractivity contribution in [2.24, 2.45) is 0 Å². The van der Waals surface area contributed by atoms with Crippen LogP contribution >= 0.6 is 0 Å². The summed E-state index contributed by atoms with van der Waals surface area (Å²) in [5, 5.41) is 12.0. The molecule has 1 aromatic rings. The quantitative estimate of drug-likeness (QED) is 0.304. The number of ether oxygens (including phenoxy) is 3. The molecule has 0 saturated heterocycles. The Bertz CT molecular complexity index is 718. The third-order valence-electron chi connectivity index (χ3n) is 5.05. The van der Waals surface area contributed by atoms with Crippen LogP contribution in [0, 0.1) is 0 Å². The van der Waals surface area contributed by atoms with Crippen molar-refractivity contribution in [2.45, 2.75) is 58.5 Å². The molecule has 1 rings (SSSR count). The van der Waals surface area contributed by atoms with Gasteiger partial charge in [-0.1, -0.05) is 32.4 Å². The van der Waals surface area contributed by atoms with E-state index in [1.165, 1.54) is 11.8 Å². The van der Waals surface area contributed by atoms with Gasteiger partial charge in [0.25, 0.3) is 5.92 Å². The molecule has 0 aliphatic carbocycles. The van der Waals surface area contributed by atoms with Crippen LogP contribution in [0.4, 0.5) is 13.6 Å². The molecule has 0 aliphatic rings. The molecule has 1 aromatic carbocycles. The summed E-state index contributed by atoms with van der Waals surface area (Å²) in [6, 6.07) is 6.68. The number of hydrogen-bond donors (Lipinski definition) is 2. The first-order chi connectivity index (χ1) is 16.2. The van der Waals surface area contributed by atoms with Crippen LogP contribution in [0.5, 0.6) is 5.75 Å². The molecular weight excluding hydrogens is 450 g/mol. The van der Waals surface area contributed by atoms with Gasteiger partial charge in [0.15, 0.2) is 6.10 Å². The second-order valence-electron chi connectivity index (χ2n) is 7.81. The maximum atomic E-state index is 13.3. The van der Waals surface area contributed by atoms with Crippen LogP contribution in [0.15, 0.2) is 24.3 Å². The van der Waals surface area contributed by atoms with Gasteiger partial charge in [0.2, 0.25) is 0 Å². The molecule has 0 spiro atoms. The maximum absolute atomic E-state index is 13.3. The average molecular weight is 489 g/mol. The number of carboxylic acids is 1. The molecule has 8 nitrogen and oxygen atoms in total. The molecule has 1 unspecified atom stereocenters. The summed E-state index contributed by atoms with van der Waals surface area (Å²) < 4.78 is 42.7. The smallest absolute Gasteiger partial charge is 0.333 e. The number of rotatable bonds is 18. The van der Waals surface area contributed by atoms with E-state index >= 15 is 0 Å². The van der Waals surface area contributed by atoms with Gasteiger partial charge in [-0.15, -0.1) is 0 Å². The van der Waals surface area contributed by atoms with Crippen molar-refractivity contribution in [3.8, 4) is 5.75 Å². The minimum atomic E-state index is -2.88. The summed E-state index contributed by atoms with van der Waals surface area (Å²) in [5.74, 6) is -3.32. The number of unbranched alkanes of at least 4 members (excludes halogenated alkanes) is 1. The highest BCUT2D eigenvalue weighted by Crippen LogP contribution is 2.17. The first-order valence-corrected chi connectivity index (χ1v) is 11.8. The van der Waals surface area contributed by atoms with Crippen molar-refractivity contribution >= 4 is 12.0 Å². The summed E-state index contributed by atoms with van der Waals surface area (Å²) >= 11 is 0. The van der Waals surface area contributed by atoms with Gasteiger partial charge in [0, 0.05) is 32.5 Å². The van der Waals surface area contributed by atoms with Crippen molar-refractivity contribution in [3.63, 3.8) is 0 Å². The number of aliphatic carboxylic acids is 1. The summed E-state index contributed by atoms with van der Waals surface area (Å²) in [6.45, 7) is 5.92. The number of benzene rings is 1. The van der Waals surface area contributed by atoms with Crippen molar-refractivity contribution in [1.82, 2.24) is 10.2 Å². The molecule has 34 heavy (non-hydrogen) atoms. The van der Waals surface area contributed by atoms with E-state index in [9.17, 15) is 23.5 Å². The van der Waals surface area contributed by atoms with Crippen molar-refractivity contribution < 1.29 is 37.7 Å². The standard InChI is InChI=1S/C24H38F2N2O6/c1-4-7-12-27-23(31)28(13-15-32-18-24(25,26)5-2)14-16-34-20-10-8-19(9-11-20)17-21(22(29)30)33-6-3/h8-11,21H,4-7,12-18H2,1-3H3,(H,27,31)(H,29,30). The molecule has 0 bridgehead atoms. The number of nitrogens with zero attached hydrogens (tertiary/aromatic N) is 1. The first-order valence-electron chi connectivity index (χ1n) is 11.8. The van der Waals surface area contributed by atoms with E-state index in [0.717, 1.165) is 18.4 Å². The van der Waals surface area contributed by atoms with Gasteiger partial charge in [0.1, 0.15) is 19.0 Å². The van der Waals surface area contributed by atoms with E-state index in [0.29, 0.717) is 18.9 Å². The SMILES string of the molecule is CCCCNC(=O)N(CCOCC(F)(F)CC)CCOc1ccc(CC(OCC)C(=O)O)cc1. The lowest BCUT2D eigenvalue weighted by Crippen LogP contribution is -2.44. The summed E-state index contributed by atoms with van der Waals surface area (Å²) in [7, 11) is 0. The summed E-state index contributed by atoms with van der Waals surface area (Å²) in [6.07, 6.45) is 0.812. The van der Waals surface area contributed by atoms with E-state index in [2.05, 4.69) is 5.32 Å². The Morgan fingerprint density at radius 1 is 1.12 bits per heavy atom. The van der Waals surface area contributed by atoms with E-state index in [1.54, 1.807) is 31.2 Å². The second-order valence-corrected chi connectivity index (χ2v) is 7.81.